The van der Waals surface area contributed by atoms with Crippen molar-refractivity contribution in [2.24, 2.45) is 0 Å². The van der Waals surface area contributed by atoms with Crippen LogP contribution in [0.5, 0.6) is 0 Å². The zero-order valence-electron chi connectivity index (χ0n) is 13.9. The highest BCUT2D eigenvalue weighted by atomic mass is 79.9. The Morgan fingerprint density at radius 1 is 1.15 bits per heavy atom. The second kappa shape index (κ2) is 7.02. The van der Waals surface area contributed by atoms with Crippen molar-refractivity contribution in [1.29, 1.82) is 5.26 Å². The largest absolute Gasteiger partial charge is 0.321 e. The quantitative estimate of drug-likeness (QED) is 0.538. The molecule has 2 aromatic heterocycles. The van der Waals surface area contributed by atoms with Gasteiger partial charge in [-0.3, -0.25) is 9.20 Å². The number of nitrogens with zero attached hydrogens (tertiary/aromatic N) is 4. The molecule has 2 aromatic carbocycles. The molecule has 0 saturated heterocycles. The summed E-state index contributed by atoms with van der Waals surface area (Å²) in [4.78, 5) is 12.9. The van der Waals surface area contributed by atoms with Crippen molar-refractivity contribution < 1.29 is 4.79 Å². The molecule has 0 bridgehead atoms. The third-order valence-electron chi connectivity index (χ3n) is 4.11. The summed E-state index contributed by atoms with van der Waals surface area (Å²) in [6, 6.07) is 18.8. The van der Waals surface area contributed by atoms with Gasteiger partial charge in [-0.15, -0.1) is 10.2 Å². The lowest BCUT2D eigenvalue weighted by molar-refractivity contribution is 0.102. The molecule has 0 spiro atoms. The van der Waals surface area contributed by atoms with Crippen molar-refractivity contribution in [1.82, 2.24) is 14.6 Å². The van der Waals surface area contributed by atoms with Crippen molar-refractivity contribution in [2.75, 3.05) is 5.32 Å². The highest BCUT2D eigenvalue weighted by Crippen LogP contribution is 2.29. The summed E-state index contributed by atoms with van der Waals surface area (Å²) in [5.74, 6) is -0.365. The lowest BCUT2D eigenvalue weighted by atomic mass is 9.99. The van der Waals surface area contributed by atoms with Crippen LogP contribution in [0.2, 0.25) is 0 Å². The van der Waals surface area contributed by atoms with E-state index in [0.29, 0.717) is 22.5 Å². The molecular weight excluding hydrogens is 406 g/mol. The van der Waals surface area contributed by atoms with Gasteiger partial charge >= 0.3 is 0 Å². The molecule has 130 valence electrons. The number of pyridine rings is 1. The summed E-state index contributed by atoms with van der Waals surface area (Å²) in [7, 11) is 0. The number of hydrogen-bond acceptors (Lipinski definition) is 4. The van der Waals surface area contributed by atoms with Crippen molar-refractivity contribution in [3.05, 3.63) is 82.7 Å². The molecule has 1 N–H and O–H groups in total. The summed E-state index contributed by atoms with van der Waals surface area (Å²) < 4.78 is 2.38. The van der Waals surface area contributed by atoms with Gasteiger partial charge in [0, 0.05) is 16.2 Å². The van der Waals surface area contributed by atoms with Crippen LogP contribution in [0, 0.1) is 11.3 Å². The van der Waals surface area contributed by atoms with Crippen molar-refractivity contribution in [2.45, 2.75) is 0 Å². The van der Waals surface area contributed by atoms with Gasteiger partial charge in [-0.2, -0.15) is 5.26 Å². The Kier molecular flexibility index (Phi) is 4.40. The summed E-state index contributed by atoms with van der Waals surface area (Å²) in [6.45, 7) is 0. The molecule has 0 radical (unpaired) electrons. The molecule has 6 nitrogen and oxygen atoms in total. The second-order valence-electron chi connectivity index (χ2n) is 5.79. The van der Waals surface area contributed by atoms with Crippen LogP contribution < -0.4 is 5.32 Å². The molecule has 0 fully saturated rings. The maximum atomic E-state index is 12.9. The number of fused-ring (bicyclic) bond motifs is 1. The van der Waals surface area contributed by atoms with E-state index in [0.717, 1.165) is 15.6 Å². The fourth-order valence-electron chi connectivity index (χ4n) is 2.89. The van der Waals surface area contributed by atoms with Crippen LogP contribution in [0.4, 0.5) is 5.69 Å². The number of halogens is 1. The van der Waals surface area contributed by atoms with Gasteiger partial charge in [0.1, 0.15) is 12.4 Å². The molecule has 2 heterocycles. The van der Waals surface area contributed by atoms with Crippen LogP contribution >= 0.6 is 15.9 Å². The lowest BCUT2D eigenvalue weighted by Gasteiger charge is -2.11. The zero-order valence-corrected chi connectivity index (χ0v) is 15.5. The summed E-state index contributed by atoms with van der Waals surface area (Å²) in [5.41, 5.74) is 3.32. The maximum absolute atomic E-state index is 12.9. The van der Waals surface area contributed by atoms with E-state index in [-0.39, 0.29) is 5.91 Å². The highest BCUT2D eigenvalue weighted by Gasteiger charge is 2.17. The average Bonchev–Trinajstić information content (AvgIpc) is 3.16. The average molecular weight is 418 g/mol. The Hall–Kier alpha value is -3.50. The summed E-state index contributed by atoms with van der Waals surface area (Å²) >= 11 is 3.38. The van der Waals surface area contributed by atoms with Crippen molar-refractivity contribution >= 4 is 33.2 Å². The van der Waals surface area contributed by atoms with E-state index in [1.54, 1.807) is 22.7 Å². The highest BCUT2D eigenvalue weighted by molar-refractivity contribution is 9.10. The standard InChI is InChI=1S/C20H12BrN5O/c21-14-9-16(19-25-23-12-26(19)11-14)20(27)24-18-8-4-7-15(17(18)10-22)13-5-2-1-3-6-13/h1-9,11-12H,(H,24,27). The fraction of sp³-hybridized carbons (Fsp3) is 0. The van der Waals surface area contributed by atoms with Gasteiger partial charge in [0.2, 0.25) is 0 Å². The number of hydrogen-bond donors (Lipinski definition) is 1. The number of rotatable bonds is 3. The number of aromatic nitrogens is 3. The van der Waals surface area contributed by atoms with Gasteiger partial charge in [0.25, 0.3) is 5.91 Å². The van der Waals surface area contributed by atoms with E-state index in [1.165, 1.54) is 6.33 Å². The predicted molar refractivity (Wildman–Crippen MR) is 105 cm³/mol. The molecule has 4 rings (SSSR count). The number of nitriles is 1. The molecule has 1 amide bonds. The molecule has 0 unspecified atom stereocenters. The number of carbonyl (C=O) groups is 1. The van der Waals surface area contributed by atoms with Gasteiger partial charge in [-0.1, -0.05) is 42.5 Å². The second-order valence-corrected chi connectivity index (χ2v) is 6.71. The van der Waals surface area contributed by atoms with Crippen LogP contribution in [0.15, 0.2) is 71.6 Å². The minimum Gasteiger partial charge on any atom is -0.321 e. The lowest BCUT2D eigenvalue weighted by Crippen LogP contribution is -2.14. The Morgan fingerprint density at radius 2 is 1.96 bits per heavy atom. The molecule has 0 saturated carbocycles. The van der Waals surface area contributed by atoms with Gasteiger partial charge in [0.05, 0.1) is 16.8 Å². The smallest absolute Gasteiger partial charge is 0.259 e. The van der Waals surface area contributed by atoms with Gasteiger partial charge in [-0.05, 0) is 33.6 Å². The molecule has 0 aliphatic carbocycles. The van der Waals surface area contributed by atoms with Crippen LogP contribution in [0.3, 0.4) is 0 Å². The topological polar surface area (TPSA) is 83.1 Å². The molecule has 4 aromatic rings. The Balaban J connectivity index is 1.76. The fourth-order valence-corrected chi connectivity index (χ4v) is 3.34. The third kappa shape index (κ3) is 3.18. The summed E-state index contributed by atoms with van der Waals surface area (Å²) in [6.07, 6.45) is 3.29. The first-order valence-corrected chi connectivity index (χ1v) is 8.85. The minimum atomic E-state index is -0.365. The summed E-state index contributed by atoms with van der Waals surface area (Å²) in [5, 5.41) is 20.4. The number of benzene rings is 2. The number of nitrogens with one attached hydrogen (secondary N) is 1. The maximum Gasteiger partial charge on any atom is 0.259 e. The van der Waals surface area contributed by atoms with E-state index >= 15 is 0 Å². The number of anilines is 1. The Bertz CT molecular complexity index is 1190. The van der Waals surface area contributed by atoms with Crippen molar-refractivity contribution in [3.8, 4) is 17.2 Å². The van der Waals surface area contributed by atoms with Gasteiger partial charge in [-0.25, -0.2) is 0 Å². The number of carbonyl (C=O) groups excluding carboxylic acids is 1. The van der Waals surface area contributed by atoms with E-state index in [9.17, 15) is 10.1 Å². The monoisotopic (exact) mass is 417 g/mol. The third-order valence-corrected chi connectivity index (χ3v) is 4.55. The Labute approximate surface area is 163 Å². The van der Waals surface area contributed by atoms with Crippen LogP contribution in [0.25, 0.3) is 16.8 Å². The van der Waals surface area contributed by atoms with Gasteiger partial charge in [0.15, 0.2) is 5.65 Å². The molecular formula is C20H12BrN5O. The Morgan fingerprint density at radius 3 is 2.74 bits per heavy atom. The molecule has 0 aliphatic rings. The van der Waals surface area contributed by atoms with Crippen molar-refractivity contribution in [3.63, 3.8) is 0 Å². The predicted octanol–water partition coefficient (Wildman–Crippen LogP) is 4.28. The van der Waals surface area contributed by atoms with Crippen LogP contribution in [-0.2, 0) is 0 Å². The first kappa shape index (κ1) is 16.9. The molecule has 7 heteroatoms. The van der Waals surface area contributed by atoms with E-state index in [4.69, 9.17) is 0 Å². The minimum absolute atomic E-state index is 0.357. The first-order chi connectivity index (χ1) is 13.2. The molecule has 0 atom stereocenters. The zero-order chi connectivity index (χ0) is 18.8. The van der Waals surface area contributed by atoms with Crippen LogP contribution in [-0.4, -0.2) is 20.5 Å². The normalized spacial score (nSPS) is 10.5. The number of amides is 1. The van der Waals surface area contributed by atoms with Crippen LogP contribution in [0.1, 0.15) is 15.9 Å². The SMILES string of the molecule is N#Cc1c(NC(=O)c2cc(Br)cn3cnnc23)cccc1-c1ccccc1. The van der Waals surface area contributed by atoms with Gasteiger partial charge < -0.3 is 5.32 Å². The molecule has 0 aliphatic heterocycles. The first-order valence-electron chi connectivity index (χ1n) is 8.06. The van der Waals surface area contributed by atoms with E-state index < -0.39 is 0 Å². The van der Waals surface area contributed by atoms with E-state index in [2.05, 4.69) is 37.5 Å². The molecule has 27 heavy (non-hydrogen) atoms. The van der Waals surface area contributed by atoms with E-state index in [1.807, 2.05) is 42.5 Å².